The molecule has 2 aliphatic heterocycles. The van der Waals surface area contributed by atoms with Gasteiger partial charge in [-0.15, -0.1) is 0 Å². The number of nitrogens with zero attached hydrogens (tertiary/aromatic N) is 1. The van der Waals surface area contributed by atoms with Gasteiger partial charge in [-0.25, -0.2) is 4.39 Å². The molecule has 2 heterocycles. The third-order valence-electron chi connectivity index (χ3n) is 8.98. The van der Waals surface area contributed by atoms with E-state index in [4.69, 9.17) is 4.74 Å². The number of carboxylic acids is 1. The number of carbonyl (C=O) groups excluding carboxylic acids is 1. The lowest BCUT2D eigenvalue weighted by atomic mass is 9.68. The van der Waals surface area contributed by atoms with Crippen molar-refractivity contribution in [3.8, 4) is 5.75 Å². The minimum atomic E-state index is -4.89. The van der Waals surface area contributed by atoms with Crippen LogP contribution in [-0.2, 0) is 27.0 Å². The Morgan fingerprint density at radius 1 is 1.05 bits per heavy atom. The van der Waals surface area contributed by atoms with Crippen LogP contribution in [0, 0.1) is 17.7 Å². The van der Waals surface area contributed by atoms with Gasteiger partial charge < -0.3 is 19.8 Å². The maximum absolute atomic E-state index is 13.7. The SMILES string of the molecule is CC(O)(c1ccc2c(c1)OCC1N(C(=O)C3CCC(C(=O)O)CC3)CCC21Cc1ccc(F)cc1)C(F)(F)F. The first-order valence-corrected chi connectivity index (χ1v) is 13.2. The summed E-state index contributed by atoms with van der Waals surface area (Å²) in [6, 6.07) is 9.65. The van der Waals surface area contributed by atoms with Gasteiger partial charge in [-0.1, -0.05) is 24.3 Å². The highest BCUT2D eigenvalue weighted by Crippen LogP contribution is 2.51. The number of aliphatic hydroxyl groups is 1. The molecule has 1 saturated carbocycles. The van der Waals surface area contributed by atoms with Gasteiger partial charge in [0, 0.05) is 23.4 Å². The summed E-state index contributed by atoms with van der Waals surface area (Å²) in [6.45, 7) is 1.17. The largest absolute Gasteiger partial charge is 0.491 e. The monoisotopic (exact) mass is 549 g/mol. The van der Waals surface area contributed by atoms with Crippen LogP contribution in [0.4, 0.5) is 17.6 Å². The normalized spacial score (nSPS) is 28.2. The van der Waals surface area contributed by atoms with Crippen LogP contribution in [0.1, 0.15) is 55.7 Å². The Hall–Kier alpha value is -3.14. The molecule has 3 unspecified atom stereocenters. The van der Waals surface area contributed by atoms with Gasteiger partial charge in [0.05, 0.1) is 12.0 Å². The van der Waals surface area contributed by atoms with Gasteiger partial charge >= 0.3 is 12.1 Å². The van der Waals surface area contributed by atoms with Crippen LogP contribution in [0.25, 0.3) is 0 Å². The maximum atomic E-state index is 13.7. The maximum Gasteiger partial charge on any atom is 0.421 e. The summed E-state index contributed by atoms with van der Waals surface area (Å²) in [5.41, 5.74) is -2.64. The molecule has 0 bridgehead atoms. The predicted octanol–water partition coefficient (Wildman–Crippen LogP) is 4.96. The van der Waals surface area contributed by atoms with Crippen molar-refractivity contribution in [2.24, 2.45) is 11.8 Å². The molecule has 1 aliphatic carbocycles. The minimum absolute atomic E-state index is 0.0576. The van der Waals surface area contributed by atoms with Gasteiger partial charge in [-0.05, 0) is 74.8 Å². The summed E-state index contributed by atoms with van der Waals surface area (Å²) >= 11 is 0. The number of rotatable bonds is 5. The van der Waals surface area contributed by atoms with E-state index in [1.54, 1.807) is 23.1 Å². The molecule has 2 fully saturated rings. The van der Waals surface area contributed by atoms with Crippen molar-refractivity contribution in [2.45, 2.75) is 68.7 Å². The Morgan fingerprint density at radius 2 is 1.69 bits per heavy atom. The minimum Gasteiger partial charge on any atom is -0.491 e. The zero-order valence-electron chi connectivity index (χ0n) is 21.5. The van der Waals surface area contributed by atoms with Crippen LogP contribution in [0.5, 0.6) is 5.75 Å². The number of hydrogen-bond donors (Lipinski definition) is 2. The van der Waals surface area contributed by atoms with Gasteiger partial charge in [-0.3, -0.25) is 9.59 Å². The quantitative estimate of drug-likeness (QED) is 0.515. The first kappa shape index (κ1) is 27.4. The first-order chi connectivity index (χ1) is 18.3. The molecular weight excluding hydrogens is 518 g/mol. The molecule has 0 radical (unpaired) electrons. The zero-order valence-corrected chi connectivity index (χ0v) is 21.5. The van der Waals surface area contributed by atoms with Gasteiger partial charge in [-0.2, -0.15) is 13.2 Å². The number of halogens is 4. The topological polar surface area (TPSA) is 87.1 Å². The summed E-state index contributed by atoms with van der Waals surface area (Å²) in [7, 11) is 0. The fourth-order valence-electron chi connectivity index (χ4n) is 6.55. The Balaban J connectivity index is 1.49. The number of carboxylic acid groups (broad SMARTS) is 1. The van der Waals surface area contributed by atoms with E-state index in [0.717, 1.165) is 5.56 Å². The summed E-state index contributed by atoms with van der Waals surface area (Å²) in [5, 5.41) is 19.6. The molecular formula is C29H31F4NO5. The molecule has 2 aromatic rings. The van der Waals surface area contributed by atoms with Crippen LogP contribution in [0.15, 0.2) is 42.5 Å². The number of carbonyl (C=O) groups is 2. The molecule has 3 atom stereocenters. The van der Waals surface area contributed by atoms with E-state index in [-0.39, 0.29) is 35.6 Å². The smallest absolute Gasteiger partial charge is 0.421 e. The molecule has 0 aromatic heterocycles. The van der Waals surface area contributed by atoms with Crippen molar-refractivity contribution in [1.82, 2.24) is 4.90 Å². The zero-order chi connectivity index (χ0) is 28.2. The molecule has 1 amide bonds. The van der Waals surface area contributed by atoms with Crippen molar-refractivity contribution in [1.29, 1.82) is 0 Å². The van der Waals surface area contributed by atoms with E-state index in [2.05, 4.69) is 0 Å². The van der Waals surface area contributed by atoms with Crippen molar-refractivity contribution in [3.05, 3.63) is 65.0 Å². The van der Waals surface area contributed by atoms with Crippen molar-refractivity contribution >= 4 is 11.9 Å². The average molecular weight is 550 g/mol. The molecule has 210 valence electrons. The second-order valence-corrected chi connectivity index (χ2v) is 11.2. The highest BCUT2D eigenvalue weighted by Gasteiger charge is 2.56. The number of benzene rings is 2. The standard InChI is InChI=1S/C29H31F4NO5/c1-27(38,29(31,32)33)20-8-11-22-23(14-20)39-16-24-28(22,15-17-2-9-21(30)10-3-17)12-13-34(24)25(35)18-4-6-19(7-5-18)26(36)37/h2-3,8-11,14,18-19,24,38H,4-7,12-13,15-16H2,1H3,(H,36,37). The van der Waals surface area contributed by atoms with E-state index in [1.807, 2.05) is 0 Å². The Kier molecular flexibility index (Phi) is 6.89. The lowest BCUT2D eigenvalue weighted by molar-refractivity contribution is -0.258. The van der Waals surface area contributed by atoms with Gasteiger partial charge in [0.25, 0.3) is 0 Å². The van der Waals surface area contributed by atoms with Crippen LogP contribution >= 0.6 is 0 Å². The number of hydrogen-bond acceptors (Lipinski definition) is 4. The van der Waals surface area contributed by atoms with Gasteiger partial charge in [0.2, 0.25) is 5.91 Å². The molecule has 3 aliphatic rings. The second-order valence-electron chi connectivity index (χ2n) is 11.2. The number of ether oxygens (including phenoxy) is 1. The first-order valence-electron chi connectivity index (χ1n) is 13.2. The summed E-state index contributed by atoms with van der Waals surface area (Å²) < 4.78 is 60.3. The summed E-state index contributed by atoms with van der Waals surface area (Å²) in [6.07, 6.45) is -2.11. The lowest BCUT2D eigenvalue weighted by Gasteiger charge is -2.44. The highest BCUT2D eigenvalue weighted by molar-refractivity contribution is 5.81. The Morgan fingerprint density at radius 3 is 2.31 bits per heavy atom. The van der Waals surface area contributed by atoms with E-state index >= 15 is 0 Å². The third kappa shape index (κ3) is 4.77. The van der Waals surface area contributed by atoms with Crippen LogP contribution in [-0.4, -0.2) is 52.4 Å². The van der Waals surface area contributed by atoms with Crippen molar-refractivity contribution in [3.63, 3.8) is 0 Å². The number of amides is 1. The molecule has 2 N–H and O–H groups in total. The molecule has 2 aromatic carbocycles. The van der Waals surface area contributed by atoms with E-state index in [0.29, 0.717) is 57.6 Å². The van der Waals surface area contributed by atoms with Gasteiger partial charge in [0.15, 0.2) is 5.60 Å². The van der Waals surface area contributed by atoms with Gasteiger partial charge in [0.1, 0.15) is 18.2 Å². The molecule has 1 saturated heterocycles. The lowest BCUT2D eigenvalue weighted by Crippen LogP contribution is -2.53. The number of fused-ring (bicyclic) bond motifs is 3. The summed E-state index contributed by atoms with van der Waals surface area (Å²) in [4.78, 5) is 26.8. The second kappa shape index (κ2) is 9.80. The Labute approximate surface area is 223 Å². The summed E-state index contributed by atoms with van der Waals surface area (Å²) in [5.74, 6) is -1.81. The highest BCUT2D eigenvalue weighted by atomic mass is 19.4. The molecule has 0 spiro atoms. The predicted molar refractivity (Wildman–Crippen MR) is 133 cm³/mol. The Bertz CT molecular complexity index is 1250. The number of aliphatic carboxylic acids is 1. The number of likely N-dealkylation sites (tertiary alicyclic amines) is 1. The molecule has 39 heavy (non-hydrogen) atoms. The molecule has 5 rings (SSSR count). The van der Waals surface area contributed by atoms with Crippen molar-refractivity contribution < 1.29 is 42.1 Å². The van der Waals surface area contributed by atoms with Crippen LogP contribution < -0.4 is 4.74 Å². The third-order valence-corrected chi connectivity index (χ3v) is 8.98. The molecule has 10 heteroatoms. The number of alkyl halides is 3. The van der Waals surface area contributed by atoms with E-state index < -0.39 is 35.1 Å². The van der Waals surface area contributed by atoms with Crippen LogP contribution in [0.2, 0.25) is 0 Å². The average Bonchev–Trinajstić information content (AvgIpc) is 3.28. The fourth-order valence-corrected chi connectivity index (χ4v) is 6.55. The van der Waals surface area contributed by atoms with E-state index in [1.165, 1.54) is 24.3 Å². The van der Waals surface area contributed by atoms with Crippen LogP contribution in [0.3, 0.4) is 0 Å². The molecule has 6 nitrogen and oxygen atoms in total. The fraction of sp³-hybridized carbons (Fsp3) is 0.517. The van der Waals surface area contributed by atoms with E-state index in [9.17, 15) is 37.4 Å². The van der Waals surface area contributed by atoms with Crippen molar-refractivity contribution in [2.75, 3.05) is 13.2 Å².